The number of methoxy groups -OCH3 is 1. The molecule has 0 bridgehead atoms. The van der Waals surface area contributed by atoms with Crippen molar-refractivity contribution in [1.82, 2.24) is 0 Å². The highest BCUT2D eigenvalue weighted by atomic mass is 16.5. The summed E-state index contributed by atoms with van der Waals surface area (Å²) in [6, 6.07) is 15.2. The third-order valence-electron chi connectivity index (χ3n) is 3.90. The Kier molecular flexibility index (Phi) is 7.20. The van der Waals surface area contributed by atoms with Gasteiger partial charge in [0.25, 0.3) is 0 Å². The van der Waals surface area contributed by atoms with Crippen LogP contribution in [0.15, 0.2) is 53.5 Å². The Labute approximate surface area is 149 Å². The summed E-state index contributed by atoms with van der Waals surface area (Å²) in [7, 11) is 1.63. The Morgan fingerprint density at radius 3 is 2.64 bits per heavy atom. The van der Waals surface area contributed by atoms with Crippen LogP contribution in [0.4, 0.5) is 5.69 Å². The number of para-hydroxylation sites is 1. The predicted octanol–water partition coefficient (Wildman–Crippen LogP) is 4.99. The zero-order valence-electron chi connectivity index (χ0n) is 15.1. The highest BCUT2D eigenvalue weighted by Gasteiger charge is 2.13. The van der Waals surface area contributed by atoms with Crippen LogP contribution in [0.2, 0.25) is 0 Å². The average Bonchev–Trinajstić information content (AvgIpc) is 2.65. The number of rotatable bonds is 8. The zero-order valence-corrected chi connectivity index (χ0v) is 15.1. The highest BCUT2D eigenvalue weighted by molar-refractivity contribution is 5.90. The van der Waals surface area contributed by atoms with Crippen LogP contribution in [0, 0.1) is 0 Å². The molecule has 0 heterocycles. The van der Waals surface area contributed by atoms with Crippen molar-refractivity contribution in [2.45, 2.75) is 39.2 Å². The van der Waals surface area contributed by atoms with Crippen LogP contribution in [-0.2, 0) is 11.2 Å². The Bertz CT molecular complexity index is 710. The minimum atomic E-state index is -0.301. The maximum absolute atomic E-state index is 12.3. The van der Waals surface area contributed by atoms with E-state index in [2.05, 4.69) is 4.99 Å². The van der Waals surface area contributed by atoms with E-state index in [9.17, 15) is 4.79 Å². The number of hydrogen-bond acceptors (Lipinski definition) is 4. The summed E-state index contributed by atoms with van der Waals surface area (Å²) in [5, 5.41) is 0. The number of aryl methyl sites for hydroxylation is 1. The summed E-state index contributed by atoms with van der Waals surface area (Å²) >= 11 is 0. The molecule has 0 amide bonds. The smallest absolute Gasteiger partial charge is 0.338 e. The van der Waals surface area contributed by atoms with E-state index in [4.69, 9.17) is 9.47 Å². The van der Waals surface area contributed by atoms with Crippen molar-refractivity contribution < 1.29 is 14.3 Å². The van der Waals surface area contributed by atoms with Crippen LogP contribution < -0.4 is 4.74 Å². The minimum absolute atomic E-state index is 0.165. The first-order chi connectivity index (χ1) is 12.1. The van der Waals surface area contributed by atoms with Gasteiger partial charge < -0.3 is 9.47 Å². The van der Waals surface area contributed by atoms with E-state index in [0.717, 1.165) is 36.3 Å². The number of ether oxygens (including phenoxy) is 2. The minimum Gasteiger partial charge on any atom is -0.496 e. The van der Waals surface area contributed by atoms with E-state index in [1.54, 1.807) is 13.2 Å². The first-order valence-electron chi connectivity index (χ1n) is 8.59. The van der Waals surface area contributed by atoms with Crippen LogP contribution in [0.3, 0.4) is 0 Å². The van der Waals surface area contributed by atoms with Crippen molar-refractivity contribution in [3.8, 4) is 5.75 Å². The lowest BCUT2D eigenvalue weighted by Crippen LogP contribution is -2.15. The Morgan fingerprint density at radius 1 is 1.20 bits per heavy atom. The maximum atomic E-state index is 12.3. The zero-order chi connectivity index (χ0) is 18.1. The molecular weight excluding hydrogens is 314 g/mol. The first kappa shape index (κ1) is 18.7. The van der Waals surface area contributed by atoms with Gasteiger partial charge in [0, 0.05) is 6.21 Å². The van der Waals surface area contributed by atoms with Gasteiger partial charge in [-0.2, -0.15) is 0 Å². The fourth-order valence-corrected chi connectivity index (χ4v) is 2.48. The molecule has 2 aromatic carbocycles. The summed E-state index contributed by atoms with van der Waals surface area (Å²) in [4.78, 5) is 16.7. The molecule has 132 valence electrons. The van der Waals surface area contributed by atoms with Crippen LogP contribution in [0.1, 0.15) is 42.6 Å². The summed E-state index contributed by atoms with van der Waals surface area (Å²) in [5.74, 6) is 0.495. The van der Waals surface area contributed by atoms with Gasteiger partial charge in [-0.3, -0.25) is 4.99 Å². The number of carbonyl (C=O) groups excluding carboxylic acids is 1. The molecule has 4 heteroatoms. The monoisotopic (exact) mass is 339 g/mol. The standard InChI is InChI=1S/C21H25NO3/c1-4-17-15-18(12-13-20(17)24-3)21(23)25-16(2)9-8-14-22-19-10-6-5-7-11-19/h5-7,10-16H,4,8-9H2,1-3H3. The van der Waals surface area contributed by atoms with Gasteiger partial charge >= 0.3 is 5.97 Å². The molecule has 1 atom stereocenters. The Morgan fingerprint density at radius 2 is 1.96 bits per heavy atom. The number of nitrogens with zero attached hydrogens (tertiary/aromatic N) is 1. The largest absolute Gasteiger partial charge is 0.496 e. The van der Waals surface area contributed by atoms with E-state index >= 15 is 0 Å². The van der Waals surface area contributed by atoms with Crippen molar-refractivity contribution in [1.29, 1.82) is 0 Å². The number of hydrogen-bond donors (Lipinski definition) is 0. The summed E-state index contributed by atoms with van der Waals surface area (Å²) in [6.07, 6.45) is 3.99. The van der Waals surface area contributed by atoms with Crippen molar-refractivity contribution in [2.24, 2.45) is 4.99 Å². The summed E-state index contributed by atoms with van der Waals surface area (Å²) in [5.41, 5.74) is 2.49. The highest BCUT2D eigenvalue weighted by Crippen LogP contribution is 2.21. The molecule has 0 N–H and O–H groups in total. The normalized spacial score (nSPS) is 12.1. The predicted molar refractivity (Wildman–Crippen MR) is 101 cm³/mol. The van der Waals surface area contributed by atoms with Crippen molar-refractivity contribution >= 4 is 17.9 Å². The number of aliphatic imine (C=N–C) groups is 1. The second-order valence-corrected chi connectivity index (χ2v) is 5.82. The van der Waals surface area contributed by atoms with Crippen LogP contribution in [0.5, 0.6) is 5.75 Å². The second kappa shape index (κ2) is 9.62. The van der Waals surface area contributed by atoms with E-state index in [1.807, 2.05) is 62.5 Å². The van der Waals surface area contributed by atoms with Gasteiger partial charge in [0.2, 0.25) is 0 Å². The second-order valence-electron chi connectivity index (χ2n) is 5.82. The molecule has 4 nitrogen and oxygen atoms in total. The molecule has 0 saturated carbocycles. The molecule has 2 rings (SSSR count). The number of esters is 1. The van der Waals surface area contributed by atoms with Gasteiger partial charge in [-0.15, -0.1) is 0 Å². The topological polar surface area (TPSA) is 47.9 Å². The van der Waals surface area contributed by atoms with Crippen LogP contribution in [0.25, 0.3) is 0 Å². The SMILES string of the molecule is CCc1cc(C(=O)OC(C)CCC=Nc2ccccc2)ccc1OC. The third kappa shape index (κ3) is 5.75. The fraction of sp³-hybridized carbons (Fsp3) is 0.333. The van der Waals surface area contributed by atoms with Crippen molar-refractivity contribution in [3.63, 3.8) is 0 Å². The molecule has 0 aliphatic carbocycles. The lowest BCUT2D eigenvalue weighted by molar-refractivity contribution is 0.0329. The number of benzene rings is 2. The van der Waals surface area contributed by atoms with Gasteiger partial charge in [0.15, 0.2) is 0 Å². The summed E-state index contributed by atoms with van der Waals surface area (Å²) in [6.45, 7) is 3.93. The van der Waals surface area contributed by atoms with Gasteiger partial charge in [0.1, 0.15) is 5.75 Å². The van der Waals surface area contributed by atoms with Crippen molar-refractivity contribution in [2.75, 3.05) is 7.11 Å². The van der Waals surface area contributed by atoms with E-state index in [-0.39, 0.29) is 12.1 Å². The Hall–Kier alpha value is -2.62. The van der Waals surface area contributed by atoms with Gasteiger partial charge in [-0.05, 0) is 62.1 Å². The lowest BCUT2D eigenvalue weighted by atomic mass is 10.1. The van der Waals surface area contributed by atoms with Gasteiger partial charge in [-0.25, -0.2) is 4.79 Å². The molecular formula is C21H25NO3. The van der Waals surface area contributed by atoms with Crippen LogP contribution in [-0.4, -0.2) is 25.4 Å². The van der Waals surface area contributed by atoms with E-state index < -0.39 is 0 Å². The molecule has 0 saturated heterocycles. The molecule has 1 unspecified atom stereocenters. The van der Waals surface area contributed by atoms with Crippen molar-refractivity contribution in [3.05, 3.63) is 59.7 Å². The molecule has 0 aliphatic rings. The van der Waals surface area contributed by atoms with Crippen LogP contribution >= 0.6 is 0 Å². The summed E-state index contributed by atoms with van der Waals surface area (Å²) < 4.78 is 10.8. The fourth-order valence-electron chi connectivity index (χ4n) is 2.48. The number of carbonyl (C=O) groups is 1. The maximum Gasteiger partial charge on any atom is 0.338 e. The third-order valence-corrected chi connectivity index (χ3v) is 3.90. The molecule has 0 aromatic heterocycles. The first-order valence-corrected chi connectivity index (χ1v) is 8.59. The molecule has 0 fully saturated rings. The quantitative estimate of drug-likeness (QED) is 0.503. The molecule has 0 spiro atoms. The Balaban J connectivity index is 1.84. The van der Waals surface area contributed by atoms with Gasteiger partial charge in [-0.1, -0.05) is 25.1 Å². The van der Waals surface area contributed by atoms with E-state index in [1.165, 1.54) is 0 Å². The molecule has 2 aromatic rings. The average molecular weight is 339 g/mol. The van der Waals surface area contributed by atoms with E-state index in [0.29, 0.717) is 5.56 Å². The molecule has 0 aliphatic heterocycles. The lowest BCUT2D eigenvalue weighted by Gasteiger charge is -2.13. The van der Waals surface area contributed by atoms with Gasteiger partial charge in [0.05, 0.1) is 24.5 Å². The molecule has 25 heavy (non-hydrogen) atoms. The molecule has 0 radical (unpaired) electrons.